The summed E-state index contributed by atoms with van der Waals surface area (Å²) >= 11 is 0. The van der Waals surface area contributed by atoms with E-state index in [-0.39, 0.29) is 17.9 Å². The van der Waals surface area contributed by atoms with Crippen molar-refractivity contribution in [2.75, 3.05) is 13.1 Å². The van der Waals surface area contributed by atoms with Crippen LogP contribution < -0.4 is 11.1 Å². The summed E-state index contributed by atoms with van der Waals surface area (Å²) in [5.41, 5.74) is 5.67. The molecular formula is C14H20F2N2O. The second kappa shape index (κ2) is 7.84. The Kier molecular flexibility index (Phi) is 6.42. The maximum atomic E-state index is 13.4. The van der Waals surface area contributed by atoms with Crippen LogP contribution in [0, 0.1) is 17.6 Å². The number of carbonyl (C=O) groups is 1. The van der Waals surface area contributed by atoms with Crippen molar-refractivity contribution in [2.45, 2.75) is 26.2 Å². The third-order valence-electron chi connectivity index (χ3n) is 3.11. The number of hydrogen-bond acceptors (Lipinski definition) is 2. The lowest BCUT2D eigenvalue weighted by molar-refractivity contribution is -0.120. The van der Waals surface area contributed by atoms with Crippen molar-refractivity contribution in [3.8, 4) is 0 Å². The minimum absolute atomic E-state index is 0.0782. The SMILES string of the molecule is CCC(CCN)CNC(=O)Cc1ccc(F)cc1F. The van der Waals surface area contributed by atoms with Crippen LogP contribution in [0.3, 0.4) is 0 Å². The second-order valence-corrected chi connectivity index (χ2v) is 4.57. The summed E-state index contributed by atoms with van der Waals surface area (Å²) in [7, 11) is 0. The zero-order valence-corrected chi connectivity index (χ0v) is 11.1. The maximum Gasteiger partial charge on any atom is 0.224 e. The second-order valence-electron chi connectivity index (χ2n) is 4.57. The van der Waals surface area contributed by atoms with Crippen molar-refractivity contribution in [1.82, 2.24) is 5.32 Å². The molecule has 1 unspecified atom stereocenters. The third-order valence-corrected chi connectivity index (χ3v) is 3.11. The molecule has 106 valence electrons. The molecule has 0 aromatic heterocycles. The largest absolute Gasteiger partial charge is 0.356 e. The number of hydrogen-bond donors (Lipinski definition) is 2. The summed E-state index contributed by atoms with van der Waals surface area (Å²) in [6.45, 7) is 3.16. The van der Waals surface area contributed by atoms with Crippen LogP contribution in [0.15, 0.2) is 18.2 Å². The van der Waals surface area contributed by atoms with Crippen LogP contribution in [0.25, 0.3) is 0 Å². The van der Waals surface area contributed by atoms with Crippen LogP contribution in [-0.2, 0) is 11.2 Å². The fourth-order valence-corrected chi connectivity index (χ4v) is 1.84. The number of rotatable bonds is 7. The van der Waals surface area contributed by atoms with Gasteiger partial charge in [-0.3, -0.25) is 4.79 Å². The minimum atomic E-state index is -0.691. The van der Waals surface area contributed by atoms with E-state index in [1.54, 1.807) is 0 Å². The van der Waals surface area contributed by atoms with Crippen LogP contribution in [0.4, 0.5) is 8.78 Å². The van der Waals surface area contributed by atoms with Crippen LogP contribution in [-0.4, -0.2) is 19.0 Å². The molecule has 3 nitrogen and oxygen atoms in total. The molecule has 0 aliphatic carbocycles. The van der Waals surface area contributed by atoms with Crippen molar-refractivity contribution in [3.05, 3.63) is 35.4 Å². The zero-order chi connectivity index (χ0) is 14.3. The Balaban J connectivity index is 2.46. The molecular weight excluding hydrogens is 250 g/mol. The molecule has 0 heterocycles. The zero-order valence-electron chi connectivity index (χ0n) is 11.1. The molecule has 0 radical (unpaired) electrons. The van der Waals surface area contributed by atoms with Crippen LogP contribution in [0.5, 0.6) is 0 Å². The standard InChI is InChI=1S/C14H20F2N2O/c1-2-10(5-6-17)9-18-14(19)7-11-3-4-12(15)8-13(11)16/h3-4,8,10H,2,5-7,9,17H2,1H3,(H,18,19). The number of benzene rings is 1. The Hall–Kier alpha value is -1.49. The Bertz CT molecular complexity index is 424. The molecule has 0 aliphatic heterocycles. The number of halogens is 2. The molecule has 1 atom stereocenters. The van der Waals surface area contributed by atoms with E-state index in [1.165, 1.54) is 6.07 Å². The lowest BCUT2D eigenvalue weighted by atomic mass is 10.0. The number of amides is 1. The van der Waals surface area contributed by atoms with E-state index in [2.05, 4.69) is 5.32 Å². The molecule has 0 saturated heterocycles. The van der Waals surface area contributed by atoms with Gasteiger partial charge in [-0.15, -0.1) is 0 Å². The predicted octanol–water partition coefficient (Wildman–Crippen LogP) is 2.00. The lowest BCUT2D eigenvalue weighted by Crippen LogP contribution is -2.31. The van der Waals surface area contributed by atoms with Gasteiger partial charge < -0.3 is 11.1 Å². The highest BCUT2D eigenvalue weighted by molar-refractivity contribution is 5.78. The first-order valence-electron chi connectivity index (χ1n) is 6.47. The molecule has 0 saturated carbocycles. The van der Waals surface area contributed by atoms with Gasteiger partial charge in [0.15, 0.2) is 0 Å². The normalized spacial score (nSPS) is 12.2. The fraction of sp³-hybridized carbons (Fsp3) is 0.500. The first kappa shape index (κ1) is 15.6. The molecule has 0 aliphatic rings. The summed E-state index contributed by atoms with van der Waals surface area (Å²) in [6, 6.07) is 3.22. The highest BCUT2D eigenvalue weighted by Crippen LogP contribution is 2.10. The minimum Gasteiger partial charge on any atom is -0.356 e. The van der Waals surface area contributed by atoms with Gasteiger partial charge >= 0.3 is 0 Å². The van der Waals surface area contributed by atoms with Crippen molar-refractivity contribution >= 4 is 5.91 Å². The number of nitrogens with one attached hydrogen (secondary N) is 1. The van der Waals surface area contributed by atoms with E-state index < -0.39 is 11.6 Å². The van der Waals surface area contributed by atoms with Gasteiger partial charge in [0.1, 0.15) is 11.6 Å². The van der Waals surface area contributed by atoms with E-state index >= 15 is 0 Å². The lowest BCUT2D eigenvalue weighted by Gasteiger charge is -2.14. The van der Waals surface area contributed by atoms with Crippen LogP contribution >= 0.6 is 0 Å². The van der Waals surface area contributed by atoms with Crippen molar-refractivity contribution in [1.29, 1.82) is 0 Å². The Morgan fingerprint density at radius 3 is 2.74 bits per heavy atom. The molecule has 1 rings (SSSR count). The van der Waals surface area contributed by atoms with Gasteiger partial charge in [-0.2, -0.15) is 0 Å². The molecule has 19 heavy (non-hydrogen) atoms. The van der Waals surface area contributed by atoms with Gasteiger partial charge in [-0.05, 0) is 30.5 Å². The van der Waals surface area contributed by atoms with E-state index in [0.29, 0.717) is 19.0 Å². The van der Waals surface area contributed by atoms with Crippen LogP contribution in [0.1, 0.15) is 25.3 Å². The molecule has 1 aromatic carbocycles. The Labute approximate surface area is 112 Å². The van der Waals surface area contributed by atoms with Crippen LogP contribution in [0.2, 0.25) is 0 Å². The van der Waals surface area contributed by atoms with E-state index in [0.717, 1.165) is 25.0 Å². The summed E-state index contributed by atoms with van der Waals surface area (Å²) in [5.74, 6) is -1.26. The maximum absolute atomic E-state index is 13.4. The monoisotopic (exact) mass is 270 g/mol. The molecule has 1 aromatic rings. The molecule has 5 heteroatoms. The van der Waals surface area contributed by atoms with Gasteiger partial charge in [0.2, 0.25) is 5.91 Å². The quantitative estimate of drug-likeness (QED) is 0.796. The molecule has 0 fully saturated rings. The third kappa shape index (κ3) is 5.34. The molecule has 3 N–H and O–H groups in total. The fourth-order valence-electron chi connectivity index (χ4n) is 1.84. The molecule has 0 bridgehead atoms. The number of nitrogens with two attached hydrogens (primary N) is 1. The Morgan fingerprint density at radius 2 is 2.16 bits per heavy atom. The first-order chi connectivity index (χ1) is 9.06. The van der Waals surface area contributed by atoms with Gasteiger partial charge in [-0.25, -0.2) is 8.78 Å². The smallest absolute Gasteiger partial charge is 0.224 e. The first-order valence-corrected chi connectivity index (χ1v) is 6.47. The van der Waals surface area contributed by atoms with Crippen molar-refractivity contribution < 1.29 is 13.6 Å². The summed E-state index contributed by atoms with van der Waals surface area (Å²) in [4.78, 5) is 11.7. The molecule has 1 amide bonds. The average Bonchev–Trinajstić information content (AvgIpc) is 2.38. The predicted molar refractivity (Wildman–Crippen MR) is 70.5 cm³/mol. The van der Waals surface area contributed by atoms with E-state index in [4.69, 9.17) is 5.73 Å². The topological polar surface area (TPSA) is 55.1 Å². The number of carbonyl (C=O) groups excluding carboxylic acids is 1. The average molecular weight is 270 g/mol. The summed E-state index contributed by atoms with van der Waals surface area (Å²) < 4.78 is 26.1. The van der Waals surface area contributed by atoms with Gasteiger partial charge in [0.05, 0.1) is 6.42 Å². The van der Waals surface area contributed by atoms with E-state index in [1.807, 2.05) is 6.92 Å². The van der Waals surface area contributed by atoms with Gasteiger partial charge in [-0.1, -0.05) is 19.4 Å². The highest BCUT2D eigenvalue weighted by Gasteiger charge is 2.11. The van der Waals surface area contributed by atoms with E-state index in [9.17, 15) is 13.6 Å². The molecule has 0 spiro atoms. The highest BCUT2D eigenvalue weighted by atomic mass is 19.1. The summed E-state index contributed by atoms with van der Waals surface area (Å²) in [6.07, 6.45) is 1.70. The Morgan fingerprint density at radius 1 is 1.42 bits per heavy atom. The van der Waals surface area contributed by atoms with Crippen molar-refractivity contribution in [3.63, 3.8) is 0 Å². The van der Waals surface area contributed by atoms with Crippen molar-refractivity contribution in [2.24, 2.45) is 11.7 Å². The van der Waals surface area contributed by atoms with Gasteiger partial charge in [0.25, 0.3) is 0 Å². The van der Waals surface area contributed by atoms with Gasteiger partial charge in [0, 0.05) is 12.6 Å². The summed E-state index contributed by atoms with van der Waals surface area (Å²) in [5, 5.41) is 2.75.